The average molecular weight is 490 g/mol. The number of hydrogen-bond acceptors (Lipinski definition) is 6. The zero-order chi connectivity index (χ0) is 24.7. The number of ether oxygens (including phenoxy) is 1. The van der Waals surface area contributed by atoms with Gasteiger partial charge in [-0.15, -0.1) is 0 Å². The van der Waals surface area contributed by atoms with Crippen molar-refractivity contribution in [2.75, 3.05) is 6.54 Å². The zero-order valence-corrected chi connectivity index (χ0v) is 19.9. The fourth-order valence-corrected chi connectivity index (χ4v) is 4.73. The van der Waals surface area contributed by atoms with Crippen molar-refractivity contribution in [1.29, 1.82) is 0 Å². The number of halogens is 1. The molecule has 2 aromatic carbocycles. The van der Waals surface area contributed by atoms with E-state index in [1.807, 2.05) is 0 Å². The van der Waals surface area contributed by atoms with Gasteiger partial charge in [0.05, 0.1) is 10.9 Å². The first-order valence-corrected chi connectivity index (χ1v) is 12.6. The van der Waals surface area contributed by atoms with Gasteiger partial charge in [-0.2, -0.15) is 0 Å². The molecule has 0 bridgehead atoms. The number of amides is 1. The molecule has 2 atom stereocenters. The third-order valence-electron chi connectivity index (χ3n) is 5.38. The molecule has 10 heteroatoms. The monoisotopic (exact) mass is 489 g/mol. The first kappa shape index (κ1) is 25.4. The van der Waals surface area contributed by atoms with E-state index in [-0.39, 0.29) is 23.2 Å². The number of hydrogen-bond donors (Lipinski definition) is 2. The Morgan fingerprint density at radius 3 is 2.50 bits per heavy atom. The highest BCUT2D eigenvalue weighted by Crippen LogP contribution is 2.22. The van der Waals surface area contributed by atoms with Crippen molar-refractivity contribution in [2.45, 2.75) is 56.6 Å². The largest absolute Gasteiger partial charge is 0.453 e. The van der Waals surface area contributed by atoms with Crippen LogP contribution in [0.1, 0.15) is 56.7 Å². The normalized spacial score (nSPS) is 16.9. The number of unbranched alkanes of at least 4 members (excludes halogenated alkanes) is 2. The van der Waals surface area contributed by atoms with Crippen LogP contribution in [0.25, 0.3) is 0 Å². The van der Waals surface area contributed by atoms with Crippen molar-refractivity contribution < 1.29 is 27.1 Å². The third kappa shape index (κ3) is 6.63. The highest BCUT2D eigenvalue weighted by molar-refractivity contribution is 7.90. The summed E-state index contributed by atoms with van der Waals surface area (Å²) >= 11 is 0. The summed E-state index contributed by atoms with van der Waals surface area (Å²) in [4.78, 5) is 28.9. The number of carbonyl (C=O) groups excluding carboxylic acids is 2. The van der Waals surface area contributed by atoms with E-state index in [0.29, 0.717) is 37.2 Å². The Morgan fingerprint density at radius 1 is 1.06 bits per heavy atom. The minimum atomic E-state index is -3.55. The molecule has 0 aliphatic carbocycles. The number of fused-ring (bicyclic) bond motifs is 1. The first-order chi connectivity index (χ1) is 16.2. The lowest BCUT2D eigenvalue weighted by Gasteiger charge is -2.18. The summed E-state index contributed by atoms with van der Waals surface area (Å²) in [5.41, 5.74) is 1.30. The number of nitrogens with zero attached hydrogens (tertiary/aromatic N) is 1. The van der Waals surface area contributed by atoms with Crippen LogP contribution in [0.4, 0.5) is 4.39 Å². The van der Waals surface area contributed by atoms with Gasteiger partial charge in [-0.05, 0) is 56.5 Å². The molecule has 1 heterocycles. The SMILES string of the molecule is CC(OC(=O)CCCCCN=C1NS(=O)(=O)c2ccccc21)C(=O)NC(C)c1ccc(F)cc1. The predicted molar refractivity (Wildman–Crippen MR) is 125 cm³/mol. The van der Waals surface area contributed by atoms with Crippen molar-refractivity contribution in [1.82, 2.24) is 10.0 Å². The van der Waals surface area contributed by atoms with E-state index >= 15 is 0 Å². The summed E-state index contributed by atoms with van der Waals surface area (Å²) in [5.74, 6) is -0.920. The Balaban J connectivity index is 1.35. The van der Waals surface area contributed by atoms with Crippen LogP contribution in [0.2, 0.25) is 0 Å². The van der Waals surface area contributed by atoms with Gasteiger partial charge in [0.25, 0.3) is 15.9 Å². The van der Waals surface area contributed by atoms with Gasteiger partial charge in [0.1, 0.15) is 11.7 Å². The van der Waals surface area contributed by atoms with Crippen molar-refractivity contribution in [3.05, 3.63) is 65.5 Å². The molecule has 1 aliphatic rings. The maximum absolute atomic E-state index is 13.0. The molecule has 0 aromatic heterocycles. The van der Waals surface area contributed by atoms with Crippen molar-refractivity contribution in [2.24, 2.45) is 4.99 Å². The van der Waals surface area contributed by atoms with Gasteiger partial charge in [-0.3, -0.25) is 19.3 Å². The second-order valence-electron chi connectivity index (χ2n) is 8.06. The minimum absolute atomic E-state index is 0.164. The number of esters is 1. The summed E-state index contributed by atoms with van der Waals surface area (Å²) in [6.45, 7) is 3.68. The van der Waals surface area contributed by atoms with E-state index in [1.165, 1.54) is 25.1 Å². The van der Waals surface area contributed by atoms with Gasteiger partial charge in [0.2, 0.25) is 0 Å². The molecule has 8 nitrogen and oxygen atoms in total. The summed E-state index contributed by atoms with van der Waals surface area (Å²) in [7, 11) is -3.55. The minimum Gasteiger partial charge on any atom is -0.453 e. The number of aliphatic imine (C=N–C) groups is 1. The molecule has 0 saturated carbocycles. The van der Waals surface area contributed by atoms with E-state index in [2.05, 4.69) is 15.0 Å². The van der Waals surface area contributed by atoms with Crippen LogP contribution in [0.5, 0.6) is 0 Å². The Kier molecular flexibility index (Phi) is 8.38. The Morgan fingerprint density at radius 2 is 1.76 bits per heavy atom. The van der Waals surface area contributed by atoms with Crippen LogP contribution in [0.15, 0.2) is 58.4 Å². The smallest absolute Gasteiger partial charge is 0.306 e. The van der Waals surface area contributed by atoms with E-state index < -0.39 is 28.0 Å². The maximum atomic E-state index is 13.0. The highest BCUT2D eigenvalue weighted by Gasteiger charge is 2.29. The standard InChI is InChI=1S/C24H28FN3O5S/c1-16(18-11-13-19(25)14-12-18)27-24(30)17(2)33-22(29)10-4-3-7-15-26-23-20-8-5-6-9-21(20)34(31,32)28-23/h5-6,8-9,11-14,16-17H,3-4,7,10,15H2,1-2H3,(H,26,28)(H,27,30). The Labute approximate surface area is 198 Å². The van der Waals surface area contributed by atoms with Gasteiger partial charge >= 0.3 is 5.97 Å². The number of nitrogens with one attached hydrogen (secondary N) is 2. The molecular formula is C24H28FN3O5S. The van der Waals surface area contributed by atoms with E-state index in [1.54, 1.807) is 37.3 Å². The summed E-state index contributed by atoms with van der Waals surface area (Å²) in [6.07, 6.45) is 1.15. The fraction of sp³-hybridized carbons (Fsp3) is 0.375. The molecule has 2 N–H and O–H groups in total. The lowest BCUT2D eigenvalue weighted by atomic mass is 10.1. The molecule has 0 radical (unpaired) electrons. The lowest BCUT2D eigenvalue weighted by Crippen LogP contribution is -2.37. The first-order valence-electron chi connectivity index (χ1n) is 11.1. The molecule has 2 unspecified atom stereocenters. The molecular weight excluding hydrogens is 461 g/mol. The number of sulfonamides is 1. The van der Waals surface area contributed by atoms with Gasteiger partial charge in [-0.1, -0.05) is 30.7 Å². The highest BCUT2D eigenvalue weighted by atomic mass is 32.2. The second-order valence-corrected chi connectivity index (χ2v) is 9.71. The number of rotatable bonds is 10. The summed E-state index contributed by atoms with van der Waals surface area (Å²) in [6, 6.07) is 12.1. The van der Waals surface area contributed by atoms with Gasteiger partial charge in [0, 0.05) is 18.5 Å². The molecule has 182 valence electrons. The van der Waals surface area contributed by atoms with E-state index in [4.69, 9.17) is 4.74 Å². The zero-order valence-electron chi connectivity index (χ0n) is 19.1. The third-order valence-corrected chi connectivity index (χ3v) is 6.77. The Bertz CT molecular complexity index is 1170. The van der Waals surface area contributed by atoms with E-state index in [9.17, 15) is 22.4 Å². The molecule has 2 aromatic rings. The summed E-state index contributed by atoms with van der Waals surface area (Å²) in [5, 5.41) is 2.74. The maximum Gasteiger partial charge on any atom is 0.306 e. The number of amidine groups is 1. The van der Waals surface area contributed by atoms with Crippen LogP contribution in [0.3, 0.4) is 0 Å². The Hall–Kier alpha value is -3.27. The van der Waals surface area contributed by atoms with Crippen molar-refractivity contribution in [3.8, 4) is 0 Å². The fourth-order valence-electron chi connectivity index (χ4n) is 3.48. The molecule has 1 amide bonds. The predicted octanol–water partition coefficient (Wildman–Crippen LogP) is 3.23. The molecule has 0 fully saturated rings. The quantitative estimate of drug-likeness (QED) is 0.393. The van der Waals surface area contributed by atoms with Gasteiger partial charge in [-0.25, -0.2) is 12.8 Å². The molecule has 34 heavy (non-hydrogen) atoms. The molecule has 0 spiro atoms. The van der Waals surface area contributed by atoms with Crippen LogP contribution in [0, 0.1) is 5.82 Å². The van der Waals surface area contributed by atoms with Crippen LogP contribution in [-0.4, -0.2) is 38.8 Å². The van der Waals surface area contributed by atoms with Crippen molar-refractivity contribution in [3.63, 3.8) is 0 Å². The van der Waals surface area contributed by atoms with Crippen LogP contribution < -0.4 is 10.0 Å². The summed E-state index contributed by atoms with van der Waals surface area (Å²) < 4.78 is 44.8. The second kappa shape index (κ2) is 11.2. The molecule has 3 rings (SSSR count). The average Bonchev–Trinajstić information content (AvgIpc) is 3.06. The molecule has 1 aliphatic heterocycles. The molecule has 0 saturated heterocycles. The lowest BCUT2D eigenvalue weighted by molar-refractivity contribution is -0.155. The van der Waals surface area contributed by atoms with Gasteiger partial charge in [0.15, 0.2) is 6.10 Å². The van der Waals surface area contributed by atoms with Crippen molar-refractivity contribution >= 4 is 27.7 Å². The topological polar surface area (TPSA) is 114 Å². The van der Waals surface area contributed by atoms with Gasteiger partial charge < -0.3 is 10.1 Å². The number of carbonyl (C=O) groups is 2. The van der Waals surface area contributed by atoms with Crippen LogP contribution in [-0.2, 0) is 24.3 Å². The van der Waals surface area contributed by atoms with E-state index in [0.717, 1.165) is 5.56 Å². The number of benzene rings is 2. The van der Waals surface area contributed by atoms with Crippen LogP contribution >= 0.6 is 0 Å².